The van der Waals surface area contributed by atoms with Crippen molar-refractivity contribution in [3.05, 3.63) is 68.3 Å². The van der Waals surface area contributed by atoms with E-state index in [1.54, 1.807) is 11.3 Å². The molecule has 0 aliphatic heterocycles. The number of hydrogen-bond donors (Lipinski definition) is 0. The highest BCUT2D eigenvalue weighted by Crippen LogP contribution is 2.24. The van der Waals surface area contributed by atoms with Crippen LogP contribution in [0.5, 0.6) is 0 Å². The molecule has 0 bridgehead atoms. The highest BCUT2D eigenvalue weighted by Gasteiger charge is 2.12. The van der Waals surface area contributed by atoms with E-state index in [-0.39, 0.29) is 5.78 Å². The van der Waals surface area contributed by atoms with Crippen molar-refractivity contribution < 1.29 is 4.79 Å². The van der Waals surface area contributed by atoms with Crippen LogP contribution in [-0.4, -0.2) is 5.78 Å². The molecule has 3 aromatic rings. The van der Waals surface area contributed by atoms with Gasteiger partial charge in [-0.15, -0.1) is 11.3 Å². The summed E-state index contributed by atoms with van der Waals surface area (Å²) in [4.78, 5) is 13.5. The van der Waals surface area contributed by atoms with Gasteiger partial charge in [-0.1, -0.05) is 34.1 Å². The Bertz CT molecular complexity index is 773. The summed E-state index contributed by atoms with van der Waals surface area (Å²) in [5.74, 6) is 0.101. The molecule has 0 saturated carbocycles. The Balaban J connectivity index is 2.09. The Morgan fingerprint density at radius 3 is 2.53 bits per heavy atom. The van der Waals surface area contributed by atoms with Crippen molar-refractivity contribution in [2.45, 2.75) is 6.92 Å². The first-order chi connectivity index (χ1) is 9.15. The zero-order valence-corrected chi connectivity index (χ0v) is 12.7. The lowest BCUT2D eigenvalue weighted by Crippen LogP contribution is -2.00. The van der Waals surface area contributed by atoms with Gasteiger partial charge in [-0.2, -0.15) is 0 Å². The average molecular weight is 331 g/mol. The lowest BCUT2D eigenvalue weighted by atomic mass is 10.0. The summed E-state index contributed by atoms with van der Waals surface area (Å²) in [7, 11) is 0. The van der Waals surface area contributed by atoms with Gasteiger partial charge in [-0.3, -0.25) is 4.79 Å². The summed E-state index contributed by atoms with van der Waals surface area (Å²) in [5, 5.41) is 4.18. The average Bonchev–Trinajstić information content (AvgIpc) is 2.83. The maximum absolute atomic E-state index is 12.4. The number of hydrogen-bond acceptors (Lipinski definition) is 2. The Morgan fingerprint density at radius 2 is 1.79 bits per heavy atom. The van der Waals surface area contributed by atoms with Gasteiger partial charge in [0.05, 0.1) is 0 Å². The van der Waals surface area contributed by atoms with Crippen molar-refractivity contribution in [3.8, 4) is 0 Å². The second-order valence-electron chi connectivity index (χ2n) is 4.43. The van der Waals surface area contributed by atoms with E-state index in [1.165, 1.54) is 0 Å². The SMILES string of the molecule is Cc1sccc1C(=O)c1ccc2cc(Br)ccc2c1. The van der Waals surface area contributed by atoms with E-state index in [4.69, 9.17) is 0 Å². The number of carbonyl (C=O) groups excluding carboxylic acids is 1. The molecule has 2 aromatic carbocycles. The smallest absolute Gasteiger partial charge is 0.194 e. The molecule has 3 heteroatoms. The number of carbonyl (C=O) groups is 1. The molecule has 0 atom stereocenters. The monoisotopic (exact) mass is 330 g/mol. The van der Waals surface area contributed by atoms with E-state index >= 15 is 0 Å². The van der Waals surface area contributed by atoms with Crippen molar-refractivity contribution >= 4 is 43.8 Å². The molecule has 19 heavy (non-hydrogen) atoms. The fourth-order valence-corrected chi connectivity index (χ4v) is 3.21. The van der Waals surface area contributed by atoms with Crippen LogP contribution in [0.15, 0.2) is 52.3 Å². The van der Waals surface area contributed by atoms with Gasteiger partial charge < -0.3 is 0 Å². The Kier molecular flexibility index (Phi) is 3.25. The van der Waals surface area contributed by atoms with Gasteiger partial charge >= 0.3 is 0 Å². The molecule has 0 fully saturated rings. The molecule has 0 spiro atoms. The highest BCUT2D eigenvalue weighted by atomic mass is 79.9. The molecule has 1 nitrogen and oxygen atoms in total. The Labute approximate surface area is 124 Å². The van der Waals surface area contributed by atoms with E-state index in [1.807, 2.05) is 48.7 Å². The molecule has 0 N–H and O–H groups in total. The lowest BCUT2D eigenvalue weighted by Gasteiger charge is -2.04. The van der Waals surface area contributed by atoms with Gasteiger partial charge in [0, 0.05) is 20.5 Å². The maximum Gasteiger partial charge on any atom is 0.194 e. The maximum atomic E-state index is 12.4. The highest BCUT2D eigenvalue weighted by molar-refractivity contribution is 9.10. The van der Waals surface area contributed by atoms with Gasteiger partial charge in [0.1, 0.15) is 0 Å². The van der Waals surface area contributed by atoms with Crippen LogP contribution in [0.25, 0.3) is 10.8 Å². The van der Waals surface area contributed by atoms with Crippen molar-refractivity contribution in [3.63, 3.8) is 0 Å². The van der Waals surface area contributed by atoms with Crippen molar-refractivity contribution in [2.24, 2.45) is 0 Å². The number of aryl methyl sites for hydroxylation is 1. The number of ketones is 1. The summed E-state index contributed by atoms with van der Waals surface area (Å²) >= 11 is 5.06. The molecule has 94 valence electrons. The summed E-state index contributed by atoms with van der Waals surface area (Å²) in [6, 6.07) is 13.8. The predicted octanol–water partition coefficient (Wildman–Crippen LogP) is 5.20. The third-order valence-corrected chi connectivity index (χ3v) is 4.51. The van der Waals surface area contributed by atoms with Crippen LogP contribution in [0.4, 0.5) is 0 Å². The number of thiophene rings is 1. The molecule has 0 radical (unpaired) electrons. The first kappa shape index (κ1) is 12.6. The summed E-state index contributed by atoms with van der Waals surface area (Å²) in [5.41, 5.74) is 1.55. The number of benzene rings is 2. The van der Waals surface area contributed by atoms with Crippen LogP contribution in [0, 0.1) is 6.92 Å². The van der Waals surface area contributed by atoms with Crippen molar-refractivity contribution in [1.82, 2.24) is 0 Å². The second kappa shape index (κ2) is 4.91. The Hall–Kier alpha value is -1.45. The van der Waals surface area contributed by atoms with Crippen LogP contribution >= 0.6 is 27.3 Å². The van der Waals surface area contributed by atoms with Crippen molar-refractivity contribution in [1.29, 1.82) is 0 Å². The van der Waals surface area contributed by atoms with Crippen LogP contribution in [0.2, 0.25) is 0 Å². The predicted molar refractivity (Wildman–Crippen MR) is 84.1 cm³/mol. The zero-order valence-electron chi connectivity index (χ0n) is 10.3. The van der Waals surface area contributed by atoms with Crippen molar-refractivity contribution in [2.75, 3.05) is 0 Å². The van der Waals surface area contributed by atoms with Crippen LogP contribution < -0.4 is 0 Å². The molecule has 0 amide bonds. The number of fused-ring (bicyclic) bond motifs is 1. The number of halogens is 1. The van der Waals surface area contributed by atoms with Gasteiger partial charge in [-0.05, 0) is 47.3 Å². The van der Waals surface area contributed by atoms with E-state index in [2.05, 4.69) is 22.0 Å². The van der Waals surface area contributed by atoms with Crippen LogP contribution in [0.1, 0.15) is 20.8 Å². The van der Waals surface area contributed by atoms with Crippen LogP contribution in [0.3, 0.4) is 0 Å². The van der Waals surface area contributed by atoms with Crippen LogP contribution in [-0.2, 0) is 0 Å². The van der Waals surface area contributed by atoms with E-state index in [0.717, 1.165) is 31.2 Å². The van der Waals surface area contributed by atoms with E-state index in [9.17, 15) is 4.79 Å². The minimum Gasteiger partial charge on any atom is -0.289 e. The third-order valence-electron chi connectivity index (χ3n) is 3.17. The minimum atomic E-state index is 0.101. The fourth-order valence-electron chi connectivity index (χ4n) is 2.13. The molecule has 0 aliphatic rings. The quantitative estimate of drug-likeness (QED) is 0.590. The Morgan fingerprint density at radius 1 is 1.05 bits per heavy atom. The molecule has 3 rings (SSSR count). The first-order valence-electron chi connectivity index (χ1n) is 5.93. The molecular formula is C16H11BrOS. The largest absolute Gasteiger partial charge is 0.289 e. The first-order valence-corrected chi connectivity index (χ1v) is 7.60. The molecule has 1 aromatic heterocycles. The second-order valence-corrected chi connectivity index (χ2v) is 6.46. The molecule has 0 unspecified atom stereocenters. The summed E-state index contributed by atoms with van der Waals surface area (Å²) < 4.78 is 1.05. The van der Waals surface area contributed by atoms with Gasteiger partial charge in [-0.25, -0.2) is 0 Å². The summed E-state index contributed by atoms with van der Waals surface area (Å²) in [6.07, 6.45) is 0. The minimum absolute atomic E-state index is 0.101. The topological polar surface area (TPSA) is 17.1 Å². The normalized spacial score (nSPS) is 10.8. The zero-order chi connectivity index (χ0) is 13.4. The van der Waals surface area contributed by atoms with Gasteiger partial charge in [0.25, 0.3) is 0 Å². The van der Waals surface area contributed by atoms with Gasteiger partial charge in [0.15, 0.2) is 5.78 Å². The standard InChI is InChI=1S/C16H11BrOS/c1-10-15(6-7-19-10)16(18)13-3-2-12-9-14(17)5-4-11(12)8-13/h2-9H,1H3. The lowest BCUT2D eigenvalue weighted by molar-refractivity contribution is 0.103. The molecule has 0 aliphatic carbocycles. The number of rotatable bonds is 2. The molecular weight excluding hydrogens is 320 g/mol. The molecule has 1 heterocycles. The van der Waals surface area contributed by atoms with E-state index < -0.39 is 0 Å². The molecule has 0 saturated heterocycles. The fraction of sp³-hybridized carbons (Fsp3) is 0.0625. The van der Waals surface area contributed by atoms with E-state index in [0.29, 0.717) is 0 Å². The van der Waals surface area contributed by atoms with Gasteiger partial charge in [0.2, 0.25) is 0 Å². The summed E-state index contributed by atoms with van der Waals surface area (Å²) in [6.45, 7) is 1.98. The third kappa shape index (κ3) is 2.36.